The Kier molecular flexibility index (Phi) is 13.2. The number of unbranched alkanes of at least 4 members (excludes halogenated alkanes) is 3. The minimum atomic E-state index is -0.483. The highest BCUT2D eigenvalue weighted by Crippen LogP contribution is 2.49. The van der Waals surface area contributed by atoms with Crippen LogP contribution in [-0.2, 0) is 9.59 Å². The molecule has 1 aromatic carbocycles. The molecule has 2 saturated heterocycles. The number of fused-ring (bicyclic) bond motifs is 1. The molecular weight excluding hydrogens is 572 g/mol. The molecule has 2 fully saturated rings. The summed E-state index contributed by atoms with van der Waals surface area (Å²) in [6, 6.07) is 0.290. The van der Waals surface area contributed by atoms with Crippen LogP contribution in [-0.4, -0.2) is 75.5 Å². The third kappa shape index (κ3) is 8.64. The number of methoxy groups -OCH3 is 4. The van der Waals surface area contributed by atoms with Gasteiger partial charge in [0, 0.05) is 34.1 Å². The molecular formula is C31H48N4O7S. The maximum absolute atomic E-state index is 13.3. The van der Waals surface area contributed by atoms with Crippen LogP contribution in [0.25, 0.3) is 6.08 Å². The molecule has 0 aromatic heterocycles. The average Bonchev–Trinajstić information content (AvgIpc) is 3.54. The molecule has 0 aliphatic carbocycles. The van der Waals surface area contributed by atoms with E-state index in [0.717, 1.165) is 49.8 Å². The second-order valence-electron chi connectivity index (χ2n) is 11.0. The number of carbonyl (C=O) groups is 3. The van der Waals surface area contributed by atoms with E-state index in [2.05, 4.69) is 28.2 Å². The Labute approximate surface area is 259 Å². The van der Waals surface area contributed by atoms with Crippen LogP contribution in [0.4, 0.5) is 4.79 Å². The summed E-state index contributed by atoms with van der Waals surface area (Å²) in [5.41, 5.74) is 1.80. The highest BCUT2D eigenvalue weighted by atomic mass is 32.2. The summed E-state index contributed by atoms with van der Waals surface area (Å²) in [4.78, 5) is 37.8. The Balaban J connectivity index is 1.63. The molecule has 43 heavy (non-hydrogen) atoms. The van der Waals surface area contributed by atoms with E-state index in [4.69, 9.17) is 18.9 Å². The number of carbonyl (C=O) groups excluding carboxylic acids is 3. The number of benzene rings is 1. The second kappa shape index (κ2) is 16.5. The van der Waals surface area contributed by atoms with E-state index in [1.165, 1.54) is 21.3 Å². The van der Waals surface area contributed by atoms with Crippen molar-refractivity contribution in [3.05, 3.63) is 16.7 Å². The highest BCUT2D eigenvalue weighted by Gasteiger charge is 2.42. The van der Waals surface area contributed by atoms with Crippen LogP contribution in [0, 0.1) is 6.92 Å². The molecule has 2 aliphatic heterocycles. The second-order valence-corrected chi connectivity index (χ2v) is 12.2. The van der Waals surface area contributed by atoms with Gasteiger partial charge >= 0.3 is 6.03 Å². The Morgan fingerprint density at radius 2 is 1.63 bits per heavy atom. The van der Waals surface area contributed by atoms with Gasteiger partial charge in [-0.05, 0) is 45.6 Å². The first-order chi connectivity index (χ1) is 20.7. The normalized spacial score (nSPS) is 20.0. The maximum Gasteiger partial charge on any atom is 0.315 e. The SMILES string of the molecule is CCCCCC(NC(=O)CCCC[C@@H]1SC[C@@H]2NC(=O)N[C@@H]21)NC(=O)/C(C)=C/c1c(C)c(OC)c(OC)c(OC)c1OC. The van der Waals surface area contributed by atoms with E-state index in [1.807, 2.05) is 18.7 Å². The standard InChI is InChI=1S/C31H48N4O7S/c1-8-9-10-14-23(33-24(36)15-12-11-13-22-25-21(17-43-22)32-31(38)35-25)34-30(37)18(2)16-20-19(3)26(39-4)28(41-6)29(42-7)27(20)40-5/h16,21-23,25H,8-15,17H2,1-7H3,(H,33,36)(H,34,37)(H2,32,35,38)/b18-16+/t21-,22-,23?,25-/m0/s1. The summed E-state index contributed by atoms with van der Waals surface area (Å²) in [6.07, 6.45) is 7.78. The fourth-order valence-electron chi connectivity index (χ4n) is 5.66. The summed E-state index contributed by atoms with van der Waals surface area (Å²) in [7, 11) is 6.12. The molecule has 2 aliphatic rings. The molecule has 1 unspecified atom stereocenters. The van der Waals surface area contributed by atoms with Crippen molar-refractivity contribution < 1.29 is 33.3 Å². The lowest BCUT2D eigenvalue weighted by atomic mass is 10.0. The monoisotopic (exact) mass is 620 g/mol. The van der Waals surface area contributed by atoms with Crippen LogP contribution in [0.2, 0.25) is 0 Å². The van der Waals surface area contributed by atoms with Gasteiger partial charge in [0.25, 0.3) is 0 Å². The van der Waals surface area contributed by atoms with Crippen LogP contribution in [0.15, 0.2) is 5.57 Å². The molecule has 4 atom stereocenters. The molecule has 0 bridgehead atoms. The zero-order valence-electron chi connectivity index (χ0n) is 26.5. The minimum absolute atomic E-state index is 0.0846. The van der Waals surface area contributed by atoms with Gasteiger partial charge in [-0.15, -0.1) is 0 Å². The van der Waals surface area contributed by atoms with Crippen LogP contribution in [0.3, 0.4) is 0 Å². The number of ether oxygens (including phenoxy) is 4. The van der Waals surface area contributed by atoms with Crippen molar-refractivity contribution in [2.24, 2.45) is 0 Å². The molecule has 12 heteroatoms. The van der Waals surface area contributed by atoms with Crippen molar-refractivity contribution in [2.45, 2.75) is 95.6 Å². The van der Waals surface area contributed by atoms with Gasteiger partial charge in [0.05, 0.1) is 40.5 Å². The van der Waals surface area contributed by atoms with E-state index >= 15 is 0 Å². The summed E-state index contributed by atoms with van der Waals surface area (Å²) in [5, 5.41) is 12.4. The van der Waals surface area contributed by atoms with E-state index < -0.39 is 6.17 Å². The van der Waals surface area contributed by atoms with E-state index in [9.17, 15) is 14.4 Å². The Morgan fingerprint density at radius 1 is 0.953 bits per heavy atom. The first kappa shape index (κ1) is 34.2. The summed E-state index contributed by atoms with van der Waals surface area (Å²) < 4.78 is 22.3. The lowest BCUT2D eigenvalue weighted by molar-refractivity contribution is -0.123. The molecule has 0 radical (unpaired) electrons. The number of nitrogens with one attached hydrogen (secondary N) is 4. The van der Waals surface area contributed by atoms with Gasteiger partial charge in [-0.3, -0.25) is 9.59 Å². The third-order valence-corrected chi connectivity index (χ3v) is 9.47. The minimum Gasteiger partial charge on any atom is -0.492 e. The predicted octanol–water partition coefficient (Wildman–Crippen LogP) is 4.30. The topological polar surface area (TPSA) is 136 Å². The molecule has 11 nitrogen and oxygen atoms in total. The summed E-state index contributed by atoms with van der Waals surface area (Å²) in [5.74, 6) is 2.23. The molecule has 2 heterocycles. The zero-order chi connectivity index (χ0) is 31.5. The molecule has 240 valence electrons. The van der Waals surface area contributed by atoms with E-state index in [-0.39, 0.29) is 29.9 Å². The first-order valence-corrected chi connectivity index (χ1v) is 16.1. The summed E-state index contributed by atoms with van der Waals surface area (Å²) >= 11 is 1.88. The zero-order valence-corrected chi connectivity index (χ0v) is 27.3. The predicted molar refractivity (Wildman–Crippen MR) is 169 cm³/mol. The number of thioether (sulfide) groups is 1. The van der Waals surface area contributed by atoms with Gasteiger partial charge in [0.15, 0.2) is 11.5 Å². The lowest BCUT2D eigenvalue weighted by Gasteiger charge is -2.22. The van der Waals surface area contributed by atoms with Gasteiger partial charge in [0.2, 0.25) is 23.3 Å². The molecule has 4 N–H and O–H groups in total. The lowest BCUT2D eigenvalue weighted by Crippen LogP contribution is -2.48. The fraction of sp³-hybridized carbons (Fsp3) is 0.645. The highest BCUT2D eigenvalue weighted by molar-refractivity contribution is 8.00. The molecule has 0 spiro atoms. The Bertz CT molecular complexity index is 1180. The number of hydrogen-bond acceptors (Lipinski definition) is 8. The van der Waals surface area contributed by atoms with Gasteiger partial charge in [-0.25, -0.2) is 4.79 Å². The van der Waals surface area contributed by atoms with Crippen LogP contribution >= 0.6 is 11.8 Å². The molecule has 0 saturated carbocycles. The van der Waals surface area contributed by atoms with Crippen LogP contribution in [0.1, 0.15) is 76.3 Å². The molecule has 1 aromatic rings. The summed E-state index contributed by atoms with van der Waals surface area (Å²) in [6.45, 7) is 5.69. The van der Waals surface area contributed by atoms with Gasteiger partial charge in [-0.2, -0.15) is 11.8 Å². The Hall–Kier alpha value is -3.28. The van der Waals surface area contributed by atoms with Crippen molar-refractivity contribution in [3.8, 4) is 23.0 Å². The average molecular weight is 621 g/mol. The van der Waals surface area contributed by atoms with Gasteiger partial charge in [-0.1, -0.05) is 26.2 Å². The number of rotatable bonds is 17. The van der Waals surface area contributed by atoms with Crippen LogP contribution in [0.5, 0.6) is 23.0 Å². The Morgan fingerprint density at radius 3 is 2.28 bits per heavy atom. The van der Waals surface area contributed by atoms with Crippen molar-refractivity contribution >= 4 is 35.7 Å². The van der Waals surface area contributed by atoms with Crippen molar-refractivity contribution in [1.29, 1.82) is 0 Å². The largest absolute Gasteiger partial charge is 0.492 e. The van der Waals surface area contributed by atoms with E-state index in [1.54, 1.807) is 20.1 Å². The maximum atomic E-state index is 13.3. The van der Waals surface area contributed by atoms with Crippen molar-refractivity contribution in [1.82, 2.24) is 21.3 Å². The van der Waals surface area contributed by atoms with Crippen molar-refractivity contribution in [2.75, 3.05) is 34.2 Å². The fourth-order valence-corrected chi connectivity index (χ4v) is 7.20. The van der Waals surface area contributed by atoms with E-state index in [0.29, 0.717) is 52.2 Å². The first-order valence-electron chi connectivity index (χ1n) is 15.0. The van der Waals surface area contributed by atoms with Crippen molar-refractivity contribution in [3.63, 3.8) is 0 Å². The number of hydrogen-bond donors (Lipinski definition) is 4. The van der Waals surface area contributed by atoms with Gasteiger partial charge in [0.1, 0.15) is 6.17 Å². The third-order valence-electron chi connectivity index (χ3n) is 7.96. The number of amides is 4. The number of urea groups is 1. The quantitative estimate of drug-likeness (QED) is 0.0877. The van der Waals surface area contributed by atoms with Crippen LogP contribution < -0.4 is 40.2 Å². The molecule has 4 amide bonds. The van der Waals surface area contributed by atoms with Gasteiger partial charge < -0.3 is 40.2 Å². The smallest absolute Gasteiger partial charge is 0.315 e. The molecule has 3 rings (SSSR count).